The van der Waals surface area contributed by atoms with Crippen LogP contribution in [0.4, 0.5) is 5.13 Å². The lowest BCUT2D eigenvalue weighted by Gasteiger charge is -2.50. The van der Waals surface area contributed by atoms with Gasteiger partial charge in [0.1, 0.15) is 30.1 Å². The minimum Gasteiger partial charge on any atom is -0.543 e. The molecule has 2 amide bonds. The molecule has 22 heteroatoms. The van der Waals surface area contributed by atoms with Gasteiger partial charge in [-0.1, -0.05) is 5.16 Å². The highest BCUT2D eigenvalue weighted by atomic mass is 32.3. The van der Waals surface area contributed by atoms with Gasteiger partial charge in [0.25, 0.3) is 11.8 Å². The van der Waals surface area contributed by atoms with E-state index in [1.54, 1.807) is 13.3 Å². The Hall–Kier alpha value is -4.22. The summed E-state index contributed by atoms with van der Waals surface area (Å²) in [4.78, 5) is 53.2. The number of rotatable bonds is 12. The first-order chi connectivity index (χ1) is 21.8. The number of oxime groups is 1. The number of nitrogens with one attached hydrogen (secondary N) is 2. The van der Waals surface area contributed by atoms with Gasteiger partial charge in [0.15, 0.2) is 5.13 Å². The Morgan fingerprint density at radius 1 is 1.35 bits per heavy atom. The molecule has 0 saturated carbocycles. The first-order valence-electron chi connectivity index (χ1n) is 13.5. The van der Waals surface area contributed by atoms with Crippen LogP contribution in [0.15, 0.2) is 41.1 Å². The molecule has 0 aromatic carbocycles. The van der Waals surface area contributed by atoms with Crippen molar-refractivity contribution in [2.45, 2.75) is 37.8 Å². The number of imidazole rings is 1. The van der Waals surface area contributed by atoms with Gasteiger partial charge in [0.2, 0.25) is 17.9 Å². The topological polar surface area (TPSA) is 271 Å². The molecule has 0 radical (unpaired) electrons. The standard InChI is InChI=1S/C24H28N10O5S2.H2O4S/c1-3-39-30-15(18-29-24(25)41-31-18)20(35)28-16-21(36)34-17(23(37)38)13(11-40-22(16)34)10-32-8-4-6-14-19(32)27-12-33(14)9-5-7-26-2;1-5(2,3)4/h4,6,8,12,16,22,26H,3,5,7,9-11H2,1-2H3,(H3-,25,28,29,31,35,37,38);(H2,1,2,3,4)/b30-15-;/t16-,22-;/m1./s1. The molecule has 3 aromatic rings. The molecule has 6 N–H and O–H groups in total. The van der Waals surface area contributed by atoms with Crippen LogP contribution in [-0.2, 0) is 42.7 Å². The monoisotopic (exact) mass is 698 g/mol. The Labute approximate surface area is 270 Å². The van der Waals surface area contributed by atoms with Crippen LogP contribution in [0.1, 0.15) is 19.2 Å². The number of carbonyl (C=O) groups is 3. The highest BCUT2D eigenvalue weighted by Crippen LogP contribution is 2.40. The first-order valence-corrected chi connectivity index (χ1v) is 16.7. The van der Waals surface area contributed by atoms with E-state index in [4.69, 9.17) is 28.1 Å². The molecular formula is C24H30N10O9S3. The number of β-lactam (4-membered cyclic amide) rings is 1. The third-order valence-electron chi connectivity index (χ3n) is 6.52. The molecule has 0 spiro atoms. The minimum atomic E-state index is -4.67. The molecule has 2 aliphatic heterocycles. The number of fused-ring (bicyclic) bond motifs is 2. The number of carboxylic acids is 1. The molecule has 5 heterocycles. The van der Waals surface area contributed by atoms with Crippen molar-refractivity contribution in [2.24, 2.45) is 5.16 Å². The van der Waals surface area contributed by atoms with Crippen molar-refractivity contribution in [1.29, 1.82) is 0 Å². The van der Waals surface area contributed by atoms with Gasteiger partial charge in [-0.3, -0.25) is 23.6 Å². The number of nitrogens with two attached hydrogens (primary N) is 1. The summed E-state index contributed by atoms with van der Waals surface area (Å²) in [6.45, 7) is 3.74. The molecule has 5 rings (SSSR count). The summed E-state index contributed by atoms with van der Waals surface area (Å²) < 4.78 is 39.5. The number of anilines is 1. The number of nitrogen functional groups attached to an aromatic ring is 1. The minimum absolute atomic E-state index is 0.0355. The van der Waals surface area contributed by atoms with Crippen molar-refractivity contribution in [3.63, 3.8) is 0 Å². The molecule has 0 unspecified atom stereocenters. The quantitative estimate of drug-likeness (QED) is 0.0328. The van der Waals surface area contributed by atoms with Crippen LogP contribution in [0, 0.1) is 0 Å². The van der Waals surface area contributed by atoms with E-state index >= 15 is 0 Å². The first kappa shape index (κ1) is 34.6. The second-order valence-corrected chi connectivity index (χ2v) is 12.4. The Balaban J connectivity index is 0.000000892. The highest BCUT2D eigenvalue weighted by molar-refractivity contribution is 8.00. The van der Waals surface area contributed by atoms with Crippen LogP contribution in [0.3, 0.4) is 0 Å². The molecule has 1 fully saturated rings. The molecule has 0 aliphatic carbocycles. The fourth-order valence-corrected chi connectivity index (χ4v) is 6.44. The predicted octanol–water partition coefficient (Wildman–Crippen LogP) is -2.44. The Morgan fingerprint density at radius 3 is 2.72 bits per heavy atom. The summed E-state index contributed by atoms with van der Waals surface area (Å²) in [7, 11) is -2.76. The molecule has 19 nitrogen and oxygen atoms in total. The molecule has 3 aromatic heterocycles. The predicted molar refractivity (Wildman–Crippen MR) is 162 cm³/mol. The molecule has 2 aliphatic rings. The number of aryl methyl sites for hydroxylation is 1. The summed E-state index contributed by atoms with van der Waals surface area (Å²) in [5.74, 6) is -2.51. The van der Waals surface area contributed by atoms with Crippen molar-refractivity contribution in [3.05, 3.63) is 41.8 Å². The summed E-state index contributed by atoms with van der Waals surface area (Å²) in [6, 6.07) is 2.85. The summed E-state index contributed by atoms with van der Waals surface area (Å²) in [5.41, 5.74) is 7.33. The number of hydrogen-bond donors (Lipinski definition) is 5. The Bertz CT molecular complexity index is 1780. The molecule has 248 valence electrons. The largest absolute Gasteiger partial charge is 0.543 e. The van der Waals surface area contributed by atoms with Gasteiger partial charge in [0, 0.05) is 29.4 Å². The maximum atomic E-state index is 13.2. The van der Waals surface area contributed by atoms with Gasteiger partial charge < -0.3 is 35.7 Å². The van der Waals surface area contributed by atoms with Gasteiger partial charge in [-0.25, -0.2) is 4.57 Å². The van der Waals surface area contributed by atoms with E-state index in [0.717, 1.165) is 36.6 Å². The highest BCUT2D eigenvalue weighted by Gasteiger charge is 2.53. The van der Waals surface area contributed by atoms with Crippen molar-refractivity contribution >= 4 is 73.5 Å². The van der Waals surface area contributed by atoms with Crippen LogP contribution < -0.4 is 26.0 Å². The van der Waals surface area contributed by atoms with Gasteiger partial charge in [0.05, 0.1) is 17.9 Å². The van der Waals surface area contributed by atoms with Crippen LogP contribution in [0.2, 0.25) is 0 Å². The SMILES string of the molecule is CCO/N=C(\C(=O)N[C@@H]1C(=O)N2C(C(=O)[O-])=C(C[n+]3cccc4c3ncn4CCCNC)CS[C@H]12)c1nsc(N)n1.O=S(=O)(O)O. The van der Waals surface area contributed by atoms with Crippen LogP contribution in [0.5, 0.6) is 0 Å². The van der Waals surface area contributed by atoms with Crippen molar-refractivity contribution in [2.75, 3.05) is 31.7 Å². The fourth-order valence-electron chi connectivity index (χ4n) is 4.67. The van der Waals surface area contributed by atoms with E-state index in [1.807, 2.05) is 34.5 Å². The third-order valence-corrected chi connectivity index (χ3v) is 8.40. The smallest absolute Gasteiger partial charge is 0.394 e. The van der Waals surface area contributed by atoms with E-state index in [-0.39, 0.29) is 35.5 Å². The number of carbonyl (C=O) groups excluding carboxylic acids is 3. The zero-order valence-corrected chi connectivity index (χ0v) is 26.8. The Kier molecular flexibility index (Phi) is 11.2. The normalized spacial score (nSPS) is 18.0. The lowest BCUT2D eigenvalue weighted by Crippen LogP contribution is -2.71. The number of amides is 2. The van der Waals surface area contributed by atoms with Gasteiger partial charge in [-0.2, -0.15) is 17.8 Å². The number of aromatic nitrogens is 5. The van der Waals surface area contributed by atoms with E-state index in [0.29, 0.717) is 17.0 Å². The van der Waals surface area contributed by atoms with Crippen molar-refractivity contribution in [3.8, 4) is 0 Å². The molecule has 0 bridgehead atoms. The molecular weight excluding hydrogens is 669 g/mol. The zero-order chi connectivity index (χ0) is 33.6. The van der Waals surface area contributed by atoms with E-state index < -0.39 is 39.6 Å². The van der Waals surface area contributed by atoms with E-state index in [9.17, 15) is 19.5 Å². The second kappa shape index (κ2) is 14.9. The van der Waals surface area contributed by atoms with E-state index in [1.165, 1.54) is 16.7 Å². The zero-order valence-electron chi connectivity index (χ0n) is 24.4. The van der Waals surface area contributed by atoms with E-state index in [2.05, 4.69) is 30.1 Å². The number of nitrogens with zero attached hydrogens (tertiary/aromatic N) is 7. The maximum Gasteiger partial charge on any atom is 0.394 e. The van der Waals surface area contributed by atoms with Gasteiger partial charge in [-0.05, 0) is 44.1 Å². The van der Waals surface area contributed by atoms with Crippen LogP contribution in [-0.4, -0.2) is 102 Å². The molecule has 1 saturated heterocycles. The molecule has 46 heavy (non-hydrogen) atoms. The summed E-state index contributed by atoms with van der Waals surface area (Å²) in [5, 5.41) is 21.3. The number of pyridine rings is 1. The van der Waals surface area contributed by atoms with Gasteiger partial charge in [-0.15, -0.1) is 11.8 Å². The molecule has 2 atom stereocenters. The number of aliphatic carboxylic acids is 1. The van der Waals surface area contributed by atoms with Crippen LogP contribution >= 0.6 is 23.3 Å². The second-order valence-electron chi connectivity index (χ2n) is 9.60. The van der Waals surface area contributed by atoms with Crippen molar-refractivity contribution < 1.29 is 46.4 Å². The average Bonchev–Trinajstić information content (AvgIpc) is 3.61. The van der Waals surface area contributed by atoms with Gasteiger partial charge >= 0.3 is 16.0 Å². The summed E-state index contributed by atoms with van der Waals surface area (Å²) >= 11 is 2.23. The lowest BCUT2D eigenvalue weighted by molar-refractivity contribution is -0.664. The fraction of sp³-hybridized carbons (Fsp3) is 0.417. The average molecular weight is 699 g/mol. The Morgan fingerprint density at radius 2 is 2.09 bits per heavy atom. The summed E-state index contributed by atoms with van der Waals surface area (Å²) in [6.07, 6.45) is 4.52. The number of thioether (sulfide) groups is 1. The van der Waals surface area contributed by atoms with Crippen molar-refractivity contribution in [1.82, 2.24) is 34.4 Å². The number of carboxylic acid groups (broad SMARTS) is 1. The van der Waals surface area contributed by atoms with Crippen LogP contribution in [0.25, 0.3) is 11.2 Å². The third kappa shape index (κ3) is 8.13. The lowest BCUT2D eigenvalue weighted by atomic mass is 10.0. The maximum absolute atomic E-state index is 13.2. The number of hydrogen-bond acceptors (Lipinski definition) is 15.